The number of unbranched alkanes of at least 4 members (excludes halogenated alkanes) is 2. The van der Waals surface area contributed by atoms with Crippen LogP contribution in [0.1, 0.15) is 118 Å². The van der Waals surface area contributed by atoms with Crippen LogP contribution in [0.2, 0.25) is 0 Å². The third kappa shape index (κ3) is 9.15. The number of carbonyl (C=O) groups is 4. The number of nitrogen functional groups attached to an aromatic ring is 1. The second kappa shape index (κ2) is 18.5. The number of fused-ring (bicyclic) bond motifs is 4. The van der Waals surface area contributed by atoms with Crippen LogP contribution in [-0.4, -0.2) is 87.7 Å². The number of ketones is 1. The Morgan fingerprint density at radius 1 is 1.03 bits per heavy atom. The number of aromatic nitrogens is 3. The molecule has 3 heterocycles. The molecule has 0 saturated carbocycles. The van der Waals surface area contributed by atoms with Gasteiger partial charge in [0.15, 0.2) is 11.7 Å². The first kappa shape index (κ1) is 42.9. The maximum atomic E-state index is 14.1. The van der Waals surface area contributed by atoms with Crippen LogP contribution in [0.5, 0.6) is 0 Å². The van der Waals surface area contributed by atoms with Gasteiger partial charge >= 0.3 is 0 Å². The van der Waals surface area contributed by atoms with Crippen LogP contribution in [-0.2, 0) is 32.8 Å². The average Bonchev–Trinajstić information content (AvgIpc) is 3.85. The molecule has 14 nitrogen and oxygen atoms in total. The standard InChI is InChI=1S/C45H60N10O4/c1-6-28(3)39(52-42(58)34(47)12-11-18-55-19-17-50-44(55)48)43(59)49-16-10-8-9-13-37(56)54-22-20-53(21-23-54)36-26-33-32(25-30(36)7-2)40(57)38-31-15-14-29(27-46)24-35(31)51-41(38)45(33,4)5/h14-15,17,19,24-26,28,34,39,51H,6-13,16,18,20-23,47H2,1-5H3,(H2,48,50)(H,49,59)(H,52,58)/t28-,34-,39-/m0/s1. The second-order valence-corrected chi connectivity index (χ2v) is 16.7. The Balaban J connectivity index is 0.955. The summed E-state index contributed by atoms with van der Waals surface area (Å²) in [5.74, 6) is -0.0825. The van der Waals surface area contributed by atoms with E-state index in [2.05, 4.69) is 64.5 Å². The lowest BCUT2D eigenvalue weighted by Gasteiger charge is -2.39. The second-order valence-electron chi connectivity index (χ2n) is 16.7. The SMILES string of the molecule is CCc1cc2c(cc1N1CCN(C(=O)CCCCCNC(=O)[C@@H](NC(=O)[C@@H](N)CCCn3ccnc3N)[C@@H](C)CC)CC1)C(C)(C)c1[nH]c3cc(C#N)ccc3c1C2=O. The monoisotopic (exact) mass is 804 g/mol. The Morgan fingerprint density at radius 2 is 1.80 bits per heavy atom. The van der Waals surface area contributed by atoms with Crippen LogP contribution in [0, 0.1) is 17.2 Å². The van der Waals surface area contributed by atoms with Crippen LogP contribution in [0.4, 0.5) is 11.6 Å². The molecule has 1 aliphatic carbocycles. The molecule has 0 radical (unpaired) electrons. The third-order valence-corrected chi connectivity index (χ3v) is 12.4. The summed E-state index contributed by atoms with van der Waals surface area (Å²) in [5.41, 5.74) is 18.3. The maximum Gasteiger partial charge on any atom is 0.242 e. The molecule has 14 heteroatoms. The van der Waals surface area contributed by atoms with Crippen molar-refractivity contribution in [3.8, 4) is 6.07 Å². The fourth-order valence-corrected chi connectivity index (χ4v) is 8.52. The van der Waals surface area contributed by atoms with E-state index in [0.29, 0.717) is 75.6 Å². The number of H-pyrrole nitrogens is 1. The van der Waals surface area contributed by atoms with E-state index >= 15 is 0 Å². The Morgan fingerprint density at radius 3 is 2.47 bits per heavy atom. The first-order valence-corrected chi connectivity index (χ1v) is 21.2. The molecule has 3 amide bonds. The number of nitrogens with zero attached hydrogens (tertiary/aromatic N) is 5. The van der Waals surface area contributed by atoms with E-state index in [1.807, 2.05) is 30.9 Å². The molecule has 3 atom stereocenters. The molecule has 2 aromatic heterocycles. The molecular weight excluding hydrogens is 745 g/mol. The van der Waals surface area contributed by atoms with Gasteiger partial charge in [-0.15, -0.1) is 0 Å². The number of aryl methyl sites for hydroxylation is 2. The van der Waals surface area contributed by atoms with Crippen LogP contribution < -0.4 is 27.0 Å². The zero-order valence-electron chi connectivity index (χ0n) is 35.2. The third-order valence-electron chi connectivity index (χ3n) is 12.4. The van der Waals surface area contributed by atoms with Crippen LogP contribution in [0.15, 0.2) is 42.7 Å². The van der Waals surface area contributed by atoms with Gasteiger partial charge in [0.1, 0.15) is 6.04 Å². The van der Waals surface area contributed by atoms with Gasteiger partial charge in [0, 0.05) is 91.3 Å². The summed E-state index contributed by atoms with van der Waals surface area (Å²) in [4.78, 5) is 65.2. The minimum Gasteiger partial charge on any atom is -0.369 e. The number of nitrogens with one attached hydrogen (secondary N) is 3. The van der Waals surface area contributed by atoms with Crippen molar-refractivity contribution in [2.45, 2.75) is 110 Å². The van der Waals surface area contributed by atoms with E-state index in [1.54, 1.807) is 23.0 Å². The van der Waals surface area contributed by atoms with E-state index in [-0.39, 0.29) is 29.4 Å². The first-order valence-electron chi connectivity index (χ1n) is 21.2. The number of amides is 3. The lowest BCUT2D eigenvalue weighted by molar-refractivity contribution is -0.131. The Bertz CT molecular complexity index is 2220. The quantitative estimate of drug-likeness (QED) is 0.0918. The van der Waals surface area contributed by atoms with Crippen molar-refractivity contribution in [1.29, 1.82) is 5.26 Å². The number of nitriles is 1. The van der Waals surface area contributed by atoms with Gasteiger partial charge in [-0.25, -0.2) is 4.98 Å². The van der Waals surface area contributed by atoms with E-state index in [4.69, 9.17) is 11.5 Å². The molecule has 0 bridgehead atoms. The highest BCUT2D eigenvalue weighted by molar-refractivity contribution is 6.20. The fraction of sp³-hybridized carbons (Fsp3) is 0.511. The molecule has 59 heavy (non-hydrogen) atoms. The minimum absolute atomic E-state index is 0.00465. The highest BCUT2D eigenvalue weighted by Gasteiger charge is 2.41. The van der Waals surface area contributed by atoms with E-state index < -0.39 is 17.5 Å². The van der Waals surface area contributed by atoms with Crippen LogP contribution in [0.3, 0.4) is 0 Å². The van der Waals surface area contributed by atoms with Gasteiger partial charge in [-0.2, -0.15) is 5.26 Å². The summed E-state index contributed by atoms with van der Waals surface area (Å²) in [6.07, 6.45) is 8.68. The maximum absolute atomic E-state index is 14.1. The van der Waals surface area contributed by atoms with Crippen molar-refractivity contribution >= 4 is 46.0 Å². The molecule has 0 spiro atoms. The predicted molar refractivity (Wildman–Crippen MR) is 230 cm³/mol. The highest BCUT2D eigenvalue weighted by atomic mass is 16.2. The normalized spacial score (nSPS) is 16.2. The van der Waals surface area contributed by atoms with Gasteiger partial charge in [-0.05, 0) is 73.4 Å². The number of nitrogens with two attached hydrogens (primary N) is 2. The lowest BCUT2D eigenvalue weighted by Crippen LogP contribution is -2.54. The molecule has 2 aromatic carbocycles. The Labute approximate surface area is 347 Å². The Kier molecular flexibility index (Phi) is 13.5. The van der Waals surface area contributed by atoms with Crippen LogP contribution in [0.25, 0.3) is 10.9 Å². The summed E-state index contributed by atoms with van der Waals surface area (Å²) >= 11 is 0. The first-order chi connectivity index (χ1) is 28.3. The molecule has 314 valence electrons. The summed E-state index contributed by atoms with van der Waals surface area (Å²) in [7, 11) is 0. The summed E-state index contributed by atoms with van der Waals surface area (Å²) in [6, 6.07) is 10.5. The van der Waals surface area contributed by atoms with Crippen molar-refractivity contribution in [3.63, 3.8) is 0 Å². The molecule has 1 saturated heterocycles. The number of benzene rings is 2. The van der Waals surface area contributed by atoms with E-state index in [1.165, 1.54) is 0 Å². The largest absolute Gasteiger partial charge is 0.369 e. The van der Waals surface area contributed by atoms with Gasteiger partial charge in [0.05, 0.1) is 23.2 Å². The molecule has 6 rings (SSSR count). The summed E-state index contributed by atoms with van der Waals surface area (Å²) in [5, 5.41) is 16.2. The number of hydrogen-bond acceptors (Lipinski definition) is 9. The molecule has 2 aliphatic rings. The molecule has 1 aliphatic heterocycles. The van der Waals surface area contributed by atoms with Crippen molar-refractivity contribution in [2.75, 3.05) is 43.4 Å². The van der Waals surface area contributed by atoms with Crippen molar-refractivity contribution < 1.29 is 19.2 Å². The highest BCUT2D eigenvalue weighted by Crippen LogP contribution is 2.46. The Hall–Kier alpha value is -5.68. The summed E-state index contributed by atoms with van der Waals surface area (Å²) < 4.78 is 1.80. The average molecular weight is 805 g/mol. The number of aromatic amines is 1. The number of anilines is 2. The molecule has 4 aromatic rings. The molecule has 1 fully saturated rings. The number of hydrogen-bond donors (Lipinski definition) is 5. The van der Waals surface area contributed by atoms with Gasteiger partial charge < -0.3 is 41.5 Å². The number of imidazole rings is 1. The van der Waals surface area contributed by atoms with Gasteiger partial charge in [0.25, 0.3) is 0 Å². The molecular formula is C45H60N10O4. The van der Waals surface area contributed by atoms with E-state index in [0.717, 1.165) is 71.1 Å². The minimum atomic E-state index is -0.742. The number of piperazine rings is 1. The van der Waals surface area contributed by atoms with Crippen molar-refractivity contribution in [1.82, 2.24) is 30.1 Å². The topological polar surface area (TPSA) is 208 Å². The smallest absolute Gasteiger partial charge is 0.242 e. The molecule has 0 unspecified atom stereocenters. The summed E-state index contributed by atoms with van der Waals surface area (Å²) in [6.45, 7) is 14.0. The number of rotatable bonds is 17. The van der Waals surface area contributed by atoms with Gasteiger partial charge in [0.2, 0.25) is 17.7 Å². The van der Waals surface area contributed by atoms with Crippen molar-refractivity contribution in [3.05, 3.63) is 76.2 Å². The zero-order chi connectivity index (χ0) is 42.4. The van der Waals surface area contributed by atoms with E-state index in [9.17, 15) is 24.4 Å². The van der Waals surface area contributed by atoms with Gasteiger partial charge in [-0.3, -0.25) is 19.2 Å². The number of carbonyl (C=O) groups excluding carboxylic acids is 4. The lowest BCUT2D eigenvalue weighted by atomic mass is 9.70. The molecule has 7 N–H and O–H groups in total. The predicted octanol–water partition coefficient (Wildman–Crippen LogP) is 4.91. The zero-order valence-corrected chi connectivity index (χ0v) is 35.2. The van der Waals surface area contributed by atoms with Crippen LogP contribution >= 0.6 is 0 Å². The van der Waals surface area contributed by atoms with Gasteiger partial charge in [-0.1, -0.05) is 53.5 Å². The fourth-order valence-electron chi connectivity index (χ4n) is 8.52. The van der Waals surface area contributed by atoms with Crippen molar-refractivity contribution in [2.24, 2.45) is 11.7 Å².